The lowest BCUT2D eigenvalue weighted by molar-refractivity contribution is -0.150. The van der Waals surface area contributed by atoms with Crippen molar-refractivity contribution in [1.82, 2.24) is 0 Å². The fourth-order valence-corrected chi connectivity index (χ4v) is 3.62. The first-order valence-corrected chi connectivity index (χ1v) is 9.45. The summed E-state index contributed by atoms with van der Waals surface area (Å²) in [5, 5.41) is 0. The maximum Gasteiger partial charge on any atom is 0.305 e. The number of Topliss-reactive ketones (excluding diaryl/α,β-unsaturated/α-hetero) is 2. The minimum Gasteiger partial charge on any atom is -0.469 e. The summed E-state index contributed by atoms with van der Waals surface area (Å²) in [6.45, 7) is 10.0. The summed E-state index contributed by atoms with van der Waals surface area (Å²) in [6.07, 6.45) is 7.31. The molecule has 0 aliphatic heterocycles. The monoisotopic (exact) mass is 362 g/mol. The van der Waals surface area contributed by atoms with Gasteiger partial charge < -0.3 is 4.74 Å². The molecule has 0 unspecified atom stereocenters. The number of allylic oxidation sites excluding steroid dienone is 4. The van der Waals surface area contributed by atoms with Gasteiger partial charge >= 0.3 is 5.97 Å². The average Bonchev–Trinajstić information content (AvgIpc) is 2.52. The second kappa shape index (κ2) is 9.29. The van der Waals surface area contributed by atoms with Crippen LogP contribution in [-0.2, 0) is 19.1 Å². The van der Waals surface area contributed by atoms with Crippen molar-refractivity contribution in [2.45, 2.75) is 79.6 Å². The van der Waals surface area contributed by atoms with Crippen LogP contribution in [0.25, 0.3) is 0 Å². The zero-order valence-electron chi connectivity index (χ0n) is 17.2. The van der Waals surface area contributed by atoms with Crippen LogP contribution in [0, 0.1) is 10.8 Å². The minimum atomic E-state index is -1.07. The molecule has 1 aliphatic carbocycles. The SMILES string of the molecule is COC(=O)CCC1(CC=C(C)C)C(=O)CC(C)(CCC=C(C)C)CC1=O. The lowest BCUT2D eigenvalue weighted by Crippen LogP contribution is -2.48. The number of rotatable bonds is 8. The molecule has 26 heavy (non-hydrogen) atoms. The summed E-state index contributed by atoms with van der Waals surface area (Å²) < 4.78 is 4.72. The normalized spacial score (nSPS) is 25.6. The lowest BCUT2D eigenvalue weighted by Gasteiger charge is -2.42. The lowest BCUT2D eigenvalue weighted by atomic mass is 9.58. The van der Waals surface area contributed by atoms with Crippen LogP contribution in [0.15, 0.2) is 23.3 Å². The number of ketones is 2. The Hall–Kier alpha value is -1.71. The molecule has 146 valence electrons. The fourth-order valence-electron chi connectivity index (χ4n) is 3.62. The van der Waals surface area contributed by atoms with Crippen LogP contribution < -0.4 is 0 Å². The van der Waals surface area contributed by atoms with E-state index in [9.17, 15) is 14.4 Å². The number of methoxy groups -OCH3 is 1. The first kappa shape index (κ1) is 22.3. The van der Waals surface area contributed by atoms with Gasteiger partial charge in [0, 0.05) is 19.3 Å². The number of hydrogen-bond acceptors (Lipinski definition) is 4. The van der Waals surface area contributed by atoms with Crippen LogP contribution in [0.5, 0.6) is 0 Å². The molecule has 0 aromatic carbocycles. The molecule has 1 fully saturated rings. The molecular formula is C22H34O4. The molecule has 0 N–H and O–H groups in total. The Kier molecular flexibility index (Phi) is 7.98. The van der Waals surface area contributed by atoms with Gasteiger partial charge in [-0.2, -0.15) is 0 Å². The van der Waals surface area contributed by atoms with E-state index in [0.29, 0.717) is 19.3 Å². The van der Waals surface area contributed by atoms with E-state index in [2.05, 4.69) is 19.9 Å². The van der Waals surface area contributed by atoms with Gasteiger partial charge in [0.15, 0.2) is 0 Å². The van der Waals surface area contributed by atoms with Gasteiger partial charge in [0.05, 0.1) is 12.5 Å². The molecule has 0 heterocycles. The maximum atomic E-state index is 13.1. The van der Waals surface area contributed by atoms with E-state index in [1.165, 1.54) is 12.7 Å². The summed E-state index contributed by atoms with van der Waals surface area (Å²) >= 11 is 0. The van der Waals surface area contributed by atoms with E-state index < -0.39 is 5.41 Å². The Morgan fingerprint density at radius 1 is 1.00 bits per heavy atom. The Morgan fingerprint density at radius 2 is 1.54 bits per heavy atom. The summed E-state index contributed by atoms with van der Waals surface area (Å²) in [7, 11) is 1.33. The van der Waals surface area contributed by atoms with Crippen LogP contribution in [-0.4, -0.2) is 24.6 Å². The second-order valence-corrected chi connectivity index (χ2v) is 8.47. The van der Waals surface area contributed by atoms with Crippen molar-refractivity contribution in [1.29, 1.82) is 0 Å². The van der Waals surface area contributed by atoms with Crippen molar-refractivity contribution in [2.24, 2.45) is 10.8 Å². The first-order chi connectivity index (χ1) is 12.0. The molecule has 1 rings (SSSR count). The van der Waals surface area contributed by atoms with Gasteiger partial charge in [-0.15, -0.1) is 0 Å². The Labute approximate surface area is 158 Å². The van der Waals surface area contributed by atoms with Gasteiger partial charge in [-0.1, -0.05) is 30.2 Å². The zero-order valence-corrected chi connectivity index (χ0v) is 17.2. The van der Waals surface area contributed by atoms with Crippen LogP contribution in [0.1, 0.15) is 79.6 Å². The van der Waals surface area contributed by atoms with Gasteiger partial charge in [-0.3, -0.25) is 14.4 Å². The van der Waals surface area contributed by atoms with E-state index in [0.717, 1.165) is 18.4 Å². The van der Waals surface area contributed by atoms with E-state index in [1.54, 1.807) is 0 Å². The first-order valence-electron chi connectivity index (χ1n) is 9.45. The van der Waals surface area contributed by atoms with Crippen LogP contribution in [0.3, 0.4) is 0 Å². The number of carbonyl (C=O) groups is 3. The smallest absolute Gasteiger partial charge is 0.305 e. The second-order valence-electron chi connectivity index (χ2n) is 8.47. The fraction of sp³-hybridized carbons (Fsp3) is 0.682. The molecule has 4 nitrogen and oxygen atoms in total. The third-order valence-electron chi connectivity index (χ3n) is 5.39. The number of ether oxygens (including phenoxy) is 1. The van der Waals surface area contributed by atoms with Gasteiger partial charge in [0.25, 0.3) is 0 Å². The van der Waals surface area contributed by atoms with Crippen LogP contribution in [0.4, 0.5) is 0 Å². The number of carbonyl (C=O) groups excluding carboxylic acids is 3. The summed E-state index contributed by atoms with van der Waals surface area (Å²) in [6, 6.07) is 0. The molecule has 4 heteroatoms. The molecule has 0 aromatic rings. The summed E-state index contributed by atoms with van der Waals surface area (Å²) in [5.41, 5.74) is 0.958. The summed E-state index contributed by atoms with van der Waals surface area (Å²) in [5.74, 6) is -0.413. The van der Waals surface area contributed by atoms with Crippen LogP contribution >= 0.6 is 0 Å². The maximum absolute atomic E-state index is 13.1. The molecule has 0 atom stereocenters. The topological polar surface area (TPSA) is 60.4 Å². The van der Waals surface area contributed by atoms with E-state index in [4.69, 9.17) is 4.74 Å². The number of esters is 1. The molecule has 0 aromatic heterocycles. The van der Waals surface area contributed by atoms with Crippen molar-refractivity contribution in [3.05, 3.63) is 23.3 Å². The Balaban J connectivity index is 3.03. The van der Waals surface area contributed by atoms with Gasteiger partial charge in [-0.05, 0) is 58.8 Å². The van der Waals surface area contributed by atoms with Gasteiger partial charge in [0.2, 0.25) is 0 Å². The van der Waals surface area contributed by atoms with Gasteiger partial charge in [-0.25, -0.2) is 0 Å². The van der Waals surface area contributed by atoms with Crippen molar-refractivity contribution in [3.63, 3.8) is 0 Å². The quantitative estimate of drug-likeness (QED) is 0.347. The predicted molar refractivity (Wildman–Crippen MR) is 104 cm³/mol. The Morgan fingerprint density at radius 3 is 2.00 bits per heavy atom. The predicted octanol–water partition coefficient (Wildman–Crippen LogP) is 4.97. The van der Waals surface area contributed by atoms with Crippen molar-refractivity contribution >= 4 is 17.5 Å². The largest absolute Gasteiger partial charge is 0.469 e. The molecule has 0 bridgehead atoms. The highest BCUT2D eigenvalue weighted by Crippen LogP contribution is 2.47. The van der Waals surface area contributed by atoms with E-state index in [-0.39, 0.29) is 35.8 Å². The van der Waals surface area contributed by atoms with Crippen molar-refractivity contribution < 1.29 is 19.1 Å². The standard InChI is InChI=1S/C22H34O4/c1-16(2)8-7-11-21(5)14-18(23)22(19(24)15-21,12-9-17(3)4)13-10-20(25)26-6/h8-9H,7,10-15H2,1-6H3. The molecule has 0 radical (unpaired) electrons. The molecule has 0 amide bonds. The minimum absolute atomic E-state index is 0.0187. The number of hydrogen-bond donors (Lipinski definition) is 0. The third kappa shape index (κ3) is 5.93. The Bertz CT molecular complexity index is 584. The molecule has 0 spiro atoms. The van der Waals surface area contributed by atoms with Crippen molar-refractivity contribution in [3.8, 4) is 0 Å². The zero-order chi connectivity index (χ0) is 20.0. The van der Waals surface area contributed by atoms with Crippen molar-refractivity contribution in [2.75, 3.05) is 7.11 Å². The molecule has 1 saturated carbocycles. The highest BCUT2D eigenvalue weighted by molar-refractivity contribution is 6.10. The van der Waals surface area contributed by atoms with E-state index in [1.807, 2.05) is 26.8 Å². The van der Waals surface area contributed by atoms with E-state index >= 15 is 0 Å². The highest BCUT2D eigenvalue weighted by Gasteiger charge is 2.51. The third-order valence-corrected chi connectivity index (χ3v) is 5.39. The molecular weight excluding hydrogens is 328 g/mol. The molecule has 0 saturated heterocycles. The molecule has 1 aliphatic rings. The van der Waals surface area contributed by atoms with Gasteiger partial charge in [0.1, 0.15) is 11.6 Å². The average molecular weight is 363 g/mol. The summed E-state index contributed by atoms with van der Waals surface area (Å²) in [4.78, 5) is 37.9. The highest BCUT2D eigenvalue weighted by atomic mass is 16.5. The van der Waals surface area contributed by atoms with Crippen LogP contribution in [0.2, 0.25) is 0 Å².